The summed E-state index contributed by atoms with van der Waals surface area (Å²) in [6.07, 6.45) is 8.01. The minimum absolute atomic E-state index is 0.576. The molecule has 0 heterocycles. The van der Waals surface area contributed by atoms with Crippen LogP contribution in [0.15, 0.2) is 0 Å². The SMILES string of the molecule is CCCCC(C(=O)O)C1(O)CCCC(CC)CC1. The van der Waals surface area contributed by atoms with Gasteiger partial charge in [-0.15, -0.1) is 0 Å². The van der Waals surface area contributed by atoms with Crippen molar-refractivity contribution >= 4 is 5.97 Å². The Balaban J connectivity index is 2.71. The third-order valence-electron chi connectivity index (χ3n) is 4.58. The maximum Gasteiger partial charge on any atom is 0.309 e. The number of carboxylic acids is 1. The van der Waals surface area contributed by atoms with Crippen molar-refractivity contribution in [2.45, 2.75) is 77.2 Å². The molecule has 0 radical (unpaired) electrons. The highest BCUT2D eigenvalue weighted by Gasteiger charge is 2.41. The number of hydrogen-bond acceptors (Lipinski definition) is 2. The molecule has 0 spiro atoms. The summed E-state index contributed by atoms with van der Waals surface area (Å²) < 4.78 is 0. The summed E-state index contributed by atoms with van der Waals surface area (Å²) in [4.78, 5) is 11.4. The second-order valence-electron chi connectivity index (χ2n) is 5.84. The molecule has 1 rings (SSSR count). The molecule has 106 valence electrons. The molecule has 0 amide bonds. The third-order valence-corrected chi connectivity index (χ3v) is 4.58. The Morgan fingerprint density at radius 3 is 2.61 bits per heavy atom. The molecule has 1 fully saturated rings. The zero-order chi connectivity index (χ0) is 13.6. The number of unbranched alkanes of at least 4 members (excludes halogenated alkanes) is 1. The van der Waals surface area contributed by atoms with Gasteiger partial charge >= 0.3 is 5.97 Å². The molecular formula is C15H28O3. The van der Waals surface area contributed by atoms with E-state index in [4.69, 9.17) is 0 Å². The Morgan fingerprint density at radius 2 is 2.06 bits per heavy atom. The van der Waals surface area contributed by atoms with Gasteiger partial charge in [-0.25, -0.2) is 0 Å². The van der Waals surface area contributed by atoms with E-state index in [0.29, 0.717) is 25.2 Å². The second-order valence-corrected chi connectivity index (χ2v) is 5.84. The topological polar surface area (TPSA) is 57.5 Å². The highest BCUT2D eigenvalue weighted by Crippen LogP contribution is 2.38. The first-order valence-electron chi connectivity index (χ1n) is 7.48. The minimum Gasteiger partial charge on any atom is -0.481 e. The monoisotopic (exact) mass is 256 g/mol. The Hall–Kier alpha value is -0.570. The quantitative estimate of drug-likeness (QED) is 0.714. The van der Waals surface area contributed by atoms with Crippen LogP contribution in [0, 0.1) is 11.8 Å². The zero-order valence-corrected chi connectivity index (χ0v) is 11.8. The normalized spacial score (nSPS) is 30.7. The number of aliphatic carboxylic acids is 1. The van der Waals surface area contributed by atoms with Gasteiger partial charge in [0.2, 0.25) is 0 Å². The third kappa shape index (κ3) is 3.98. The van der Waals surface area contributed by atoms with Gasteiger partial charge in [0, 0.05) is 0 Å². The molecule has 0 aliphatic heterocycles. The van der Waals surface area contributed by atoms with Crippen molar-refractivity contribution < 1.29 is 15.0 Å². The van der Waals surface area contributed by atoms with E-state index in [1.54, 1.807) is 0 Å². The van der Waals surface area contributed by atoms with E-state index < -0.39 is 17.5 Å². The lowest BCUT2D eigenvalue weighted by Crippen LogP contribution is -2.42. The van der Waals surface area contributed by atoms with E-state index in [2.05, 4.69) is 13.8 Å². The predicted molar refractivity (Wildman–Crippen MR) is 72.5 cm³/mol. The fraction of sp³-hybridized carbons (Fsp3) is 0.933. The number of carbonyl (C=O) groups is 1. The molecule has 3 atom stereocenters. The first-order valence-corrected chi connectivity index (χ1v) is 7.48. The van der Waals surface area contributed by atoms with Gasteiger partial charge < -0.3 is 10.2 Å². The van der Waals surface area contributed by atoms with Crippen LogP contribution in [0.25, 0.3) is 0 Å². The van der Waals surface area contributed by atoms with Crippen LogP contribution in [-0.2, 0) is 4.79 Å². The maximum atomic E-state index is 11.4. The van der Waals surface area contributed by atoms with Crippen molar-refractivity contribution in [1.29, 1.82) is 0 Å². The van der Waals surface area contributed by atoms with Crippen LogP contribution < -0.4 is 0 Å². The zero-order valence-electron chi connectivity index (χ0n) is 11.8. The first kappa shape index (κ1) is 15.5. The highest BCUT2D eigenvalue weighted by molar-refractivity contribution is 5.71. The summed E-state index contributed by atoms with van der Waals surface area (Å²) >= 11 is 0. The van der Waals surface area contributed by atoms with Crippen LogP contribution in [0.1, 0.15) is 71.6 Å². The van der Waals surface area contributed by atoms with Crippen molar-refractivity contribution in [2.75, 3.05) is 0 Å². The van der Waals surface area contributed by atoms with Crippen molar-refractivity contribution in [3.63, 3.8) is 0 Å². The minimum atomic E-state index is -0.967. The molecule has 1 saturated carbocycles. The summed E-state index contributed by atoms with van der Waals surface area (Å²) in [5, 5.41) is 20.1. The Morgan fingerprint density at radius 1 is 1.33 bits per heavy atom. The molecule has 0 aromatic rings. The molecule has 2 N–H and O–H groups in total. The maximum absolute atomic E-state index is 11.4. The molecule has 0 aromatic carbocycles. The molecule has 3 nitrogen and oxygen atoms in total. The van der Waals surface area contributed by atoms with E-state index in [-0.39, 0.29) is 0 Å². The van der Waals surface area contributed by atoms with E-state index in [9.17, 15) is 15.0 Å². The van der Waals surface area contributed by atoms with Crippen molar-refractivity contribution in [3.8, 4) is 0 Å². The molecular weight excluding hydrogens is 228 g/mol. The average molecular weight is 256 g/mol. The lowest BCUT2D eigenvalue weighted by Gasteiger charge is -2.33. The van der Waals surface area contributed by atoms with Crippen LogP contribution >= 0.6 is 0 Å². The molecule has 3 heteroatoms. The summed E-state index contributed by atoms with van der Waals surface area (Å²) in [7, 11) is 0. The number of carboxylic acid groups (broad SMARTS) is 1. The molecule has 0 saturated heterocycles. The van der Waals surface area contributed by atoms with Gasteiger partial charge in [-0.1, -0.05) is 46.0 Å². The van der Waals surface area contributed by atoms with Gasteiger partial charge in [-0.3, -0.25) is 4.79 Å². The number of aliphatic hydroxyl groups is 1. The summed E-state index contributed by atoms with van der Waals surface area (Å²) in [5.74, 6) is -0.728. The lowest BCUT2D eigenvalue weighted by atomic mass is 9.78. The van der Waals surface area contributed by atoms with Crippen molar-refractivity contribution in [1.82, 2.24) is 0 Å². The number of hydrogen-bond donors (Lipinski definition) is 2. The van der Waals surface area contributed by atoms with E-state index >= 15 is 0 Å². The number of rotatable bonds is 6. The van der Waals surface area contributed by atoms with Crippen molar-refractivity contribution in [3.05, 3.63) is 0 Å². The van der Waals surface area contributed by atoms with E-state index in [0.717, 1.165) is 38.5 Å². The molecule has 0 bridgehead atoms. The van der Waals surface area contributed by atoms with Crippen LogP contribution in [-0.4, -0.2) is 21.8 Å². The standard InChI is InChI=1S/C15H28O3/c1-3-5-8-13(14(16)17)15(18)10-6-7-12(4-2)9-11-15/h12-13,18H,3-11H2,1-2H3,(H,16,17). The van der Waals surface area contributed by atoms with E-state index in [1.807, 2.05) is 0 Å². The van der Waals surface area contributed by atoms with Crippen LogP contribution in [0.4, 0.5) is 0 Å². The molecule has 18 heavy (non-hydrogen) atoms. The van der Waals surface area contributed by atoms with Gasteiger partial charge in [0.25, 0.3) is 0 Å². The fourth-order valence-electron chi connectivity index (χ4n) is 3.21. The largest absolute Gasteiger partial charge is 0.481 e. The van der Waals surface area contributed by atoms with Gasteiger partial charge in [0.15, 0.2) is 0 Å². The lowest BCUT2D eigenvalue weighted by molar-refractivity contribution is -0.154. The second kappa shape index (κ2) is 7.13. The Kier molecular flexibility index (Phi) is 6.13. The van der Waals surface area contributed by atoms with Crippen molar-refractivity contribution in [2.24, 2.45) is 11.8 Å². The molecule has 1 aliphatic carbocycles. The molecule has 0 aromatic heterocycles. The summed E-state index contributed by atoms with van der Waals surface area (Å²) in [5.41, 5.74) is -0.967. The molecule has 3 unspecified atom stereocenters. The molecule has 1 aliphatic rings. The summed E-state index contributed by atoms with van der Waals surface area (Å²) in [6.45, 7) is 4.24. The average Bonchev–Trinajstić information content (AvgIpc) is 2.52. The fourth-order valence-corrected chi connectivity index (χ4v) is 3.21. The van der Waals surface area contributed by atoms with Gasteiger partial charge in [0.1, 0.15) is 0 Å². The smallest absolute Gasteiger partial charge is 0.309 e. The Bertz CT molecular complexity index is 264. The predicted octanol–water partition coefficient (Wildman–Crippen LogP) is 3.60. The first-order chi connectivity index (χ1) is 8.53. The Labute approximate surface area is 111 Å². The van der Waals surface area contributed by atoms with E-state index in [1.165, 1.54) is 0 Å². The van der Waals surface area contributed by atoms with Gasteiger partial charge in [-0.05, 0) is 31.6 Å². The van der Waals surface area contributed by atoms with Crippen LogP contribution in [0.3, 0.4) is 0 Å². The van der Waals surface area contributed by atoms with Crippen LogP contribution in [0.5, 0.6) is 0 Å². The van der Waals surface area contributed by atoms with Gasteiger partial charge in [0.05, 0.1) is 11.5 Å². The highest BCUT2D eigenvalue weighted by atomic mass is 16.4. The van der Waals surface area contributed by atoms with Crippen LogP contribution in [0.2, 0.25) is 0 Å². The summed E-state index contributed by atoms with van der Waals surface area (Å²) in [6, 6.07) is 0. The van der Waals surface area contributed by atoms with Gasteiger partial charge in [-0.2, -0.15) is 0 Å².